The minimum absolute atomic E-state index is 0.0760. The van der Waals surface area contributed by atoms with Crippen LogP contribution in [0.15, 0.2) is 97.1 Å². The van der Waals surface area contributed by atoms with E-state index in [1.54, 1.807) is 57.2 Å². The van der Waals surface area contributed by atoms with Crippen molar-refractivity contribution in [1.82, 2.24) is 29.9 Å². The summed E-state index contributed by atoms with van der Waals surface area (Å²) in [6, 6.07) is 34.4. The molecule has 678 valence electrons. The lowest BCUT2D eigenvalue weighted by molar-refractivity contribution is 0.178. The number of hydrogen-bond acceptors (Lipinski definition) is 8. The third kappa shape index (κ3) is 29.0. The highest BCUT2D eigenvalue weighted by molar-refractivity contribution is 6.31. The van der Waals surface area contributed by atoms with Gasteiger partial charge in [-0.25, -0.2) is 29.9 Å². The average Bonchev–Trinajstić information content (AvgIpc) is 1.61. The Balaban J connectivity index is 0.000000192. The molecule has 0 radical (unpaired) electrons. The van der Waals surface area contributed by atoms with E-state index in [1.165, 1.54) is 150 Å². The van der Waals surface area contributed by atoms with Gasteiger partial charge < -0.3 is 9.84 Å². The molecule has 6 aliphatic rings. The summed E-state index contributed by atoms with van der Waals surface area (Å²) >= 11 is 11.6. The number of rotatable bonds is 13. The normalized spacial score (nSPS) is 15.3. The zero-order chi connectivity index (χ0) is 92.4. The molecule has 6 aliphatic carbocycles. The topological polar surface area (TPSA) is 107 Å². The van der Waals surface area contributed by atoms with Crippen molar-refractivity contribution in [3.05, 3.63) is 270 Å². The lowest BCUT2D eigenvalue weighted by atomic mass is 9.83. The molecule has 8 nitrogen and oxygen atoms in total. The average molecular weight is 1720 g/mol. The first kappa shape index (κ1) is 104. The van der Waals surface area contributed by atoms with Crippen molar-refractivity contribution in [2.24, 2.45) is 0 Å². The van der Waals surface area contributed by atoms with Gasteiger partial charge in [0.2, 0.25) is 0 Å². The van der Waals surface area contributed by atoms with Gasteiger partial charge in [-0.1, -0.05) is 273 Å². The van der Waals surface area contributed by atoms with Crippen LogP contribution in [0.2, 0.25) is 10.0 Å². The number of methoxy groups -OCH3 is 1. The maximum absolute atomic E-state index is 10.1. The van der Waals surface area contributed by atoms with Crippen molar-refractivity contribution in [2.75, 3.05) is 7.11 Å². The Morgan fingerprint density at radius 1 is 0.363 bits per heavy atom. The van der Waals surface area contributed by atoms with Crippen LogP contribution < -0.4 is 4.74 Å². The van der Waals surface area contributed by atoms with Gasteiger partial charge in [-0.05, 0) is 338 Å². The fraction of sp³-hybridized carbons (Fsp3) is 0.579. The Kier molecular flexibility index (Phi) is 39.2. The highest BCUT2D eigenvalue weighted by Gasteiger charge is 2.33. The van der Waals surface area contributed by atoms with Crippen LogP contribution in [-0.4, -0.2) is 42.1 Å². The SMILES string of the molecule is CC(C)c1c2c(cc3c1C(O)CC3)CCC2.CC(C)c1c2c(cc3c1CCC3C)CCC2.CC(C)c1ccc(Cl)cc1.CC(C)c1cccc(C(C)C)c1C(C)C.CC(C)c1nc(C(C)(C)C)cc(C(C)(C)C)n1.COc1ccc2c(c1C(C)C)CCC2.Cc1cc(C)nc(C(C)C)n1.Cc1cc(C2CC2)nc(C(C)C)n1.Cc1cc(Cl)cc(C)c1C(C)C. The molecule has 15 rings (SSSR count). The first-order valence-corrected chi connectivity index (χ1v) is 48.7. The summed E-state index contributed by atoms with van der Waals surface area (Å²) in [5, 5.41) is 11.8. The van der Waals surface area contributed by atoms with Gasteiger partial charge in [-0.2, -0.15) is 0 Å². The van der Waals surface area contributed by atoms with Crippen LogP contribution in [0.25, 0.3) is 0 Å². The van der Waals surface area contributed by atoms with Crippen molar-refractivity contribution in [2.45, 2.75) is 426 Å². The quantitative estimate of drug-likeness (QED) is 0.122. The molecule has 1 fully saturated rings. The Hall–Kier alpha value is -7.10. The molecular weight excluding hydrogens is 1560 g/mol. The molecule has 0 saturated heterocycles. The molecule has 0 amide bonds. The third-order valence-corrected chi connectivity index (χ3v) is 25.6. The lowest BCUT2D eigenvalue weighted by Gasteiger charge is -2.24. The van der Waals surface area contributed by atoms with Gasteiger partial charge in [-0.3, -0.25) is 0 Å². The summed E-state index contributed by atoms with van der Waals surface area (Å²) in [6.07, 6.45) is 18.7. The molecule has 2 unspecified atom stereocenters. The zero-order valence-corrected chi connectivity index (χ0v) is 85.7. The first-order chi connectivity index (χ1) is 58.0. The maximum Gasteiger partial charge on any atom is 0.131 e. The Labute approximate surface area is 766 Å². The minimum Gasteiger partial charge on any atom is -0.496 e. The molecule has 1 N–H and O–H groups in total. The van der Waals surface area contributed by atoms with Crippen LogP contribution in [0.1, 0.15) is 492 Å². The number of hydrogen-bond donors (Lipinski definition) is 1. The van der Waals surface area contributed by atoms with E-state index in [0.717, 1.165) is 86.4 Å². The second kappa shape index (κ2) is 46.8. The van der Waals surface area contributed by atoms with E-state index in [4.69, 9.17) is 37.9 Å². The maximum atomic E-state index is 10.1. The van der Waals surface area contributed by atoms with Crippen LogP contribution in [0.5, 0.6) is 5.75 Å². The number of aryl methyl sites for hydroxylation is 9. The molecule has 9 aromatic rings. The molecule has 0 aliphatic heterocycles. The van der Waals surface area contributed by atoms with E-state index in [1.807, 2.05) is 44.2 Å². The van der Waals surface area contributed by atoms with Crippen LogP contribution in [0.3, 0.4) is 0 Å². The number of benzene rings is 6. The van der Waals surface area contributed by atoms with Gasteiger partial charge >= 0.3 is 0 Å². The summed E-state index contributed by atoms with van der Waals surface area (Å²) in [6.45, 7) is 74.9. The van der Waals surface area contributed by atoms with Gasteiger partial charge in [0.1, 0.15) is 23.2 Å². The van der Waals surface area contributed by atoms with Gasteiger partial charge in [0.15, 0.2) is 0 Å². The van der Waals surface area contributed by atoms with E-state index >= 15 is 0 Å². The Morgan fingerprint density at radius 2 is 0.798 bits per heavy atom. The lowest BCUT2D eigenvalue weighted by Crippen LogP contribution is -2.21. The number of ether oxygens (including phenoxy) is 1. The summed E-state index contributed by atoms with van der Waals surface area (Å²) in [4.78, 5) is 27.1. The molecule has 0 spiro atoms. The standard InChI is InChI=1S/C16H22.C15H26N2.C15H20O.C15H24.C13H18O.C11H15Cl.C11H16N2.C9H11Cl.C9H14N2/c1-10(2)16-13-6-4-5-12(13)9-15-11(3)7-8-14(15)16;1-10(2)13-16-11(14(3,4)5)9-12(17-13)15(6,7)8;1-9(2)14-12-5-3-4-10(12)8-11-6-7-13(16)15(11)14;1-10(2)13-8-7-9-14(11(3)4)15(13)12(5)6;1-9(2)13-11-6-4-5-10(11)7-8-12(13)14-3;1-7(2)11-8(3)5-10(12)6-9(11)4;1-7(2)11-12-8(3)6-10(13-11)9-4-5-9;1-7(2)8-3-5-9(10)6-4-8;1-6(2)9-10-7(3)5-8(4)11-9/h9-11H,4-8H2,1-3H3;9-10H,1-8H3;8-9,13,16H,3-7H2,1-2H3;7-12H,1-6H3;7-9H,4-6H2,1-3H3;5-7H,1-4H3;6-7,9H,4-5H2,1-3H3;3-7H,1-2H3;5-6H,1-4H3. The fourth-order valence-corrected chi connectivity index (χ4v) is 19.2. The fourth-order valence-electron chi connectivity index (χ4n) is 18.7. The number of nitrogens with zero attached hydrogens (tertiary/aromatic N) is 6. The highest BCUT2D eigenvalue weighted by atomic mass is 35.5. The van der Waals surface area contributed by atoms with E-state index < -0.39 is 0 Å². The van der Waals surface area contributed by atoms with E-state index in [2.05, 4.69) is 308 Å². The first-order valence-electron chi connectivity index (χ1n) is 48.0. The predicted octanol–water partition coefficient (Wildman–Crippen LogP) is 32.7. The Bertz CT molecular complexity index is 4800. The molecule has 2 atom stereocenters. The molecule has 6 aromatic carbocycles. The molecule has 10 heteroatoms. The number of halogens is 2. The summed E-state index contributed by atoms with van der Waals surface area (Å²) in [5.41, 5.74) is 37.3. The molecule has 3 heterocycles. The minimum atomic E-state index is -0.196. The van der Waals surface area contributed by atoms with Crippen LogP contribution in [0, 0.1) is 34.6 Å². The largest absolute Gasteiger partial charge is 0.496 e. The second-order valence-electron chi connectivity index (χ2n) is 42.0. The molecule has 124 heavy (non-hydrogen) atoms. The number of aliphatic hydroxyl groups excluding tert-OH is 1. The Morgan fingerprint density at radius 3 is 1.23 bits per heavy atom. The predicted molar refractivity (Wildman–Crippen MR) is 535 cm³/mol. The van der Waals surface area contributed by atoms with Crippen LogP contribution in [0.4, 0.5) is 0 Å². The van der Waals surface area contributed by atoms with Gasteiger partial charge in [0.05, 0.1) is 13.2 Å². The number of aromatic nitrogens is 6. The van der Waals surface area contributed by atoms with Crippen molar-refractivity contribution in [3.8, 4) is 5.75 Å². The van der Waals surface area contributed by atoms with E-state index in [0.29, 0.717) is 65.1 Å². The number of fused-ring (bicyclic) bond motifs is 5. The monoisotopic (exact) mass is 1720 g/mol. The molecule has 3 aromatic heterocycles. The summed E-state index contributed by atoms with van der Waals surface area (Å²) in [5.74, 6) is 11.6. The van der Waals surface area contributed by atoms with Crippen LogP contribution >= 0.6 is 23.2 Å². The second-order valence-corrected chi connectivity index (χ2v) is 42.9. The van der Waals surface area contributed by atoms with Crippen LogP contribution in [-0.2, 0) is 62.2 Å². The summed E-state index contributed by atoms with van der Waals surface area (Å²) < 4.78 is 5.43. The third-order valence-electron chi connectivity index (χ3n) is 25.2. The van der Waals surface area contributed by atoms with Gasteiger partial charge in [0.25, 0.3) is 0 Å². The van der Waals surface area contributed by atoms with Crippen molar-refractivity contribution in [1.29, 1.82) is 0 Å². The highest BCUT2D eigenvalue weighted by Crippen LogP contribution is 2.46. The van der Waals surface area contributed by atoms with Crippen molar-refractivity contribution >= 4 is 23.2 Å². The van der Waals surface area contributed by atoms with Crippen molar-refractivity contribution < 1.29 is 9.84 Å². The van der Waals surface area contributed by atoms with Crippen molar-refractivity contribution in [3.63, 3.8) is 0 Å². The molecular formula is C114H166Cl2N6O2. The summed E-state index contributed by atoms with van der Waals surface area (Å²) in [7, 11) is 1.77. The van der Waals surface area contributed by atoms with Gasteiger partial charge in [-0.15, -0.1) is 0 Å². The van der Waals surface area contributed by atoms with Gasteiger partial charge in [0, 0.05) is 84.3 Å². The zero-order valence-electron chi connectivity index (χ0n) is 84.2. The number of aliphatic hydroxyl groups is 1. The molecule has 0 bridgehead atoms. The van der Waals surface area contributed by atoms with E-state index in [9.17, 15) is 5.11 Å². The molecule has 1 saturated carbocycles. The van der Waals surface area contributed by atoms with E-state index in [-0.39, 0.29) is 16.9 Å². The smallest absolute Gasteiger partial charge is 0.131 e.